The van der Waals surface area contributed by atoms with Crippen molar-refractivity contribution in [2.24, 2.45) is 0 Å². The fourth-order valence-corrected chi connectivity index (χ4v) is 2.60. The zero-order valence-electron chi connectivity index (χ0n) is 10.6. The molecule has 2 heterocycles. The van der Waals surface area contributed by atoms with E-state index in [-0.39, 0.29) is 0 Å². The second kappa shape index (κ2) is 5.05. The van der Waals surface area contributed by atoms with E-state index in [9.17, 15) is 0 Å². The zero-order valence-corrected chi connectivity index (χ0v) is 11.4. The standard InChI is InChI=1S/C14H14ClN3O/c1-19-12-3-2-10-4-5-18(8-11(10)6-12)14-13(15)7-16-9-17-14/h2-3,6-7,9H,4-5,8H2,1H3. The van der Waals surface area contributed by atoms with Crippen LogP contribution in [0.1, 0.15) is 11.1 Å². The van der Waals surface area contributed by atoms with Crippen molar-refractivity contribution in [1.82, 2.24) is 9.97 Å². The van der Waals surface area contributed by atoms with Crippen molar-refractivity contribution in [2.45, 2.75) is 13.0 Å². The molecule has 0 aliphatic carbocycles. The summed E-state index contributed by atoms with van der Waals surface area (Å²) in [7, 11) is 1.68. The van der Waals surface area contributed by atoms with Crippen molar-refractivity contribution in [3.05, 3.63) is 46.9 Å². The van der Waals surface area contributed by atoms with Gasteiger partial charge in [0, 0.05) is 13.1 Å². The normalized spacial score (nSPS) is 14.1. The quantitative estimate of drug-likeness (QED) is 0.845. The number of nitrogens with zero attached hydrogens (tertiary/aromatic N) is 3. The van der Waals surface area contributed by atoms with Crippen LogP contribution in [0.15, 0.2) is 30.7 Å². The van der Waals surface area contributed by atoms with Crippen LogP contribution in [-0.2, 0) is 13.0 Å². The number of rotatable bonds is 2. The minimum atomic E-state index is 0.592. The Balaban J connectivity index is 1.91. The van der Waals surface area contributed by atoms with Crippen molar-refractivity contribution >= 4 is 17.4 Å². The van der Waals surface area contributed by atoms with E-state index in [1.165, 1.54) is 17.5 Å². The van der Waals surface area contributed by atoms with E-state index in [4.69, 9.17) is 16.3 Å². The average Bonchev–Trinajstić information content (AvgIpc) is 2.46. The first-order valence-corrected chi connectivity index (χ1v) is 6.52. The summed E-state index contributed by atoms with van der Waals surface area (Å²) < 4.78 is 5.27. The van der Waals surface area contributed by atoms with Gasteiger partial charge in [-0.05, 0) is 29.7 Å². The maximum Gasteiger partial charge on any atom is 0.151 e. The molecule has 0 fully saturated rings. The van der Waals surface area contributed by atoms with Gasteiger partial charge in [0.15, 0.2) is 5.82 Å². The summed E-state index contributed by atoms with van der Waals surface area (Å²) in [5, 5.41) is 0.592. The van der Waals surface area contributed by atoms with Gasteiger partial charge in [-0.15, -0.1) is 0 Å². The van der Waals surface area contributed by atoms with E-state index in [0.717, 1.165) is 31.1 Å². The third kappa shape index (κ3) is 2.36. The molecule has 5 heteroatoms. The van der Waals surface area contributed by atoms with Gasteiger partial charge in [-0.3, -0.25) is 0 Å². The molecule has 1 aromatic heterocycles. The molecule has 1 aromatic carbocycles. The van der Waals surface area contributed by atoms with Gasteiger partial charge in [0.05, 0.1) is 13.3 Å². The number of halogens is 1. The topological polar surface area (TPSA) is 38.2 Å². The van der Waals surface area contributed by atoms with Gasteiger partial charge in [-0.1, -0.05) is 17.7 Å². The van der Waals surface area contributed by atoms with Crippen molar-refractivity contribution in [3.8, 4) is 5.75 Å². The predicted octanol–water partition coefficient (Wildman–Crippen LogP) is 2.70. The number of hydrogen-bond acceptors (Lipinski definition) is 4. The molecule has 0 N–H and O–H groups in total. The Labute approximate surface area is 117 Å². The fourth-order valence-electron chi connectivity index (χ4n) is 2.38. The summed E-state index contributed by atoms with van der Waals surface area (Å²) in [5.74, 6) is 1.68. The van der Waals surface area contributed by atoms with Crippen molar-refractivity contribution in [2.75, 3.05) is 18.6 Å². The lowest BCUT2D eigenvalue weighted by Gasteiger charge is -2.30. The van der Waals surface area contributed by atoms with Gasteiger partial charge in [-0.2, -0.15) is 0 Å². The number of aromatic nitrogens is 2. The van der Waals surface area contributed by atoms with Crippen molar-refractivity contribution in [1.29, 1.82) is 0 Å². The van der Waals surface area contributed by atoms with Crippen LogP contribution >= 0.6 is 11.6 Å². The lowest BCUT2D eigenvalue weighted by atomic mass is 9.99. The van der Waals surface area contributed by atoms with E-state index in [1.807, 2.05) is 6.07 Å². The summed E-state index contributed by atoms with van der Waals surface area (Å²) >= 11 is 6.15. The molecule has 0 unspecified atom stereocenters. The highest BCUT2D eigenvalue weighted by atomic mass is 35.5. The molecular weight excluding hydrogens is 262 g/mol. The minimum absolute atomic E-state index is 0.592. The highest BCUT2D eigenvalue weighted by Gasteiger charge is 2.19. The Kier molecular flexibility index (Phi) is 3.25. The summed E-state index contributed by atoms with van der Waals surface area (Å²) in [6.07, 6.45) is 4.15. The fraction of sp³-hybridized carbons (Fsp3) is 0.286. The van der Waals surface area contributed by atoms with Crippen molar-refractivity contribution < 1.29 is 4.74 Å². The molecule has 0 radical (unpaired) electrons. The number of anilines is 1. The molecule has 0 bridgehead atoms. The lowest BCUT2D eigenvalue weighted by molar-refractivity contribution is 0.413. The van der Waals surface area contributed by atoms with Crippen LogP contribution in [0.5, 0.6) is 5.75 Å². The summed E-state index contributed by atoms with van der Waals surface area (Å²) in [6, 6.07) is 6.22. The molecule has 4 nitrogen and oxygen atoms in total. The zero-order chi connectivity index (χ0) is 13.2. The largest absolute Gasteiger partial charge is 0.497 e. The third-order valence-electron chi connectivity index (χ3n) is 3.37. The first-order chi connectivity index (χ1) is 9.28. The Hall–Kier alpha value is -1.81. The molecule has 0 saturated heterocycles. The molecule has 0 amide bonds. The Bertz CT molecular complexity index is 603. The monoisotopic (exact) mass is 275 g/mol. The van der Waals surface area contributed by atoms with E-state index in [1.54, 1.807) is 13.3 Å². The SMILES string of the molecule is COc1ccc2c(c1)CN(c1ncncc1Cl)CC2. The maximum atomic E-state index is 6.15. The number of benzene rings is 1. The summed E-state index contributed by atoms with van der Waals surface area (Å²) in [5.41, 5.74) is 2.63. The van der Waals surface area contributed by atoms with Gasteiger partial charge < -0.3 is 9.64 Å². The average molecular weight is 276 g/mol. The van der Waals surface area contributed by atoms with E-state index < -0.39 is 0 Å². The molecule has 0 saturated carbocycles. The third-order valence-corrected chi connectivity index (χ3v) is 3.64. The van der Waals surface area contributed by atoms with Gasteiger partial charge >= 0.3 is 0 Å². The number of ether oxygens (including phenoxy) is 1. The van der Waals surface area contributed by atoms with Gasteiger partial charge in [0.25, 0.3) is 0 Å². The van der Waals surface area contributed by atoms with Crippen LogP contribution in [0.4, 0.5) is 5.82 Å². The number of methoxy groups -OCH3 is 1. The molecule has 98 valence electrons. The number of hydrogen-bond donors (Lipinski definition) is 0. The van der Waals surface area contributed by atoms with Gasteiger partial charge in [0.2, 0.25) is 0 Å². The first-order valence-electron chi connectivity index (χ1n) is 6.14. The van der Waals surface area contributed by atoms with Crippen molar-refractivity contribution in [3.63, 3.8) is 0 Å². The van der Waals surface area contributed by atoms with Crippen LogP contribution in [0.2, 0.25) is 5.02 Å². The Morgan fingerprint density at radius 3 is 3.00 bits per heavy atom. The molecule has 19 heavy (non-hydrogen) atoms. The van der Waals surface area contributed by atoms with Gasteiger partial charge in [0.1, 0.15) is 17.1 Å². The van der Waals surface area contributed by atoms with Crippen LogP contribution in [0.25, 0.3) is 0 Å². The molecule has 1 aliphatic rings. The van der Waals surface area contributed by atoms with Gasteiger partial charge in [-0.25, -0.2) is 9.97 Å². The van der Waals surface area contributed by atoms with Crippen LogP contribution < -0.4 is 9.64 Å². The molecule has 0 atom stereocenters. The summed E-state index contributed by atoms with van der Waals surface area (Å²) in [6.45, 7) is 1.71. The van der Waals surface area contributed by atoms with E-state index in [2.05, 4.69) is 27.0 Å². The Morgan fingerprint density at radius 1 is 1.32 bits per heavy atom. The molecular formula is C14H14ClN3O. The summed E-state index contributed by atoms with van der Waals surface area (Å²) in [4.78, 5) is 10.4. The molecule has 0 spiro atoms. The number of fused-ring (bicyclic) bond motifs is 1. The van der Waals surface area contributed by atoms with Crippen LogP contribution in [0.3, 0.4) is 0 Å². The van der Waals surface area contributed by atoms with E-state index >= 15 is 0 Å². The maximum absolute atomic E-state index is 6.15. The van der Waals surface area contributed by atoms with E-state index in [0.29, 0.717) is 5.02 Å². The minimum Gasteiger partial charge on any atom is -0.497 e. The lowest BCUT2D eigenvalue weighted by Crippen LogP contribution is -2.31. The predicted molar refractivity (Wildman–Crippen MR) is 74.8 cm³/mol. The highest BCUT2D eigenvalue weighted by molar-refractivity contribution is 6.32. The molecule has 3 rings (SSSR count). The van der Waals surface area contributed by atoms with Crippen LogP contribution in [-0.4, -0.2) is 23.6 Å². The van der Waals surface area contributed by atoms with Crippen LogP contribution in [0, 0.1) is 0 Å². The first kappa shape index (κ1) is 12.2. The second-order valence-corrected chi connectivity index (χ2v) is 4.91. The molecule has 2 aromatic rings. The highest BCUT2D eigenvalue weighted by Crippen LogP contribution is 2.29. The molecule has 1 aliphatic heterocycles. The Morgan fingerprint density at radius 2 is 2.21 bits per heavy atom. The smallest absolute Gasteiger partial charge is 0.151 e. The second-order valence-electron chi connectivity index (χ2n) is 4.50.